The highest BCUT2D eigenvalue weighted by atomic mass is 35.5. The second-order valence-corrected chi connectivity index (χ2v) is 6.94. The molecule has 27 heavy (non-hydrogen) atoms. The third kappa shape index (κ3) is 4.87. The summed E-state index contributed by atoms with van der Waals surface area (Å²) in [6.45, 7) is 6.12. The van der Waals surface area contributed by atoms with Gasteiger partial charge in [-0.1, -0.05) is 0 Å². The maximum absolute atomic E-state index is 6.16. The molecule has 1 aliphatic heterocycles. The number of aromatic nitrogens is 2. The molecule has 5 nitrogen and oxygen atoms in total. The normalized spacial score (nSPS) is 14.6. The Morgan fingerprint density at radius 2 is 1.81 bits per heavy atom. The van der Waals surface area contributed by atoms with E-state index in [2.05, 4.69) is 45.7 Å². The largest absolute Gasteiger partial charge is 0.490 e. The van der Waals surface area contributed by atoms with Crippen molar-refractivity contribution in [3.8, 4) is 5.75 Å². The van der Waals surface area contributed by atoms with Gasteiger partial charge in [0.25, 0.3) is 0 Å². The summed E-state index contributed by atoms with van der Waals surface area (Å²) in [6, 6.07) is 12.3. The Labute approximate surface area is 166 Å². The number of fused-ring (bicyclic) bond motifs is 1. The van der Waals surface area contributed by atoms with Gasteiger partial charge in [0, 0.05) is 17.3 Å². The molecule has 2 aromatic heterocycles. The maximum Gasteiger partial charge on any atom is 0.132 e. The highest BCUT2D eigenvalue weighted by molar-refractivity contribution is 5.86. The van der Waals surface area contributed by atoms with Crippen LogP contribution in [0.1, 0.15) is 24.1 Å². The molecule has 0 spiro atoms. The minimum atomic E-state index is 0. The number of benzene rings is 1. The number of pyridine rings is 2. The Morgan fingerprint density at radius 1 is 1.00 bits per heavy atom. The van der Waals surface area contributed by atoms with Crippen LogP contribution in [0.25, 0.3) is 10.8 Å². The van der Waals surface area contributed by atoms with Crippen LogP contribution in [0.4, 0.5) is 11.6 Å². The first-order chi connectivity index (χ1) is 12.7. The molecule has 2 N–H and O–H groups in total. The molecule has 0 atom stereocenters. The molecule has 4 rings (SSSR count). The summed E-state index contributed by atoms with van der Waals surface area (Å²) in [5.41, 5.74) is 2.17. The van der Waals surface area contributed by atoms with Gasteiger partial charge in [-0.25, -0.2) is 9.97 Å². The van der Waals surface area contributed by atoms with Gasteiger partial charge < -0.3 is 15.4 Å². The van der Waals surface area contributed by atoms with E-state index in [4.69, 9.17) is 4.74 Å². The van der Waals surface area contributed by atoms with E-state index < -0.39 is 0 Å². The maximum atomic E-state index is 6.16. The van der Waals surface area contributed by atoms with Gasteiger partial charge in [-0.15, -0.1) is 12.4 Å². The standard InChI is InChI=1S/C21H24N4O.ClH/c1-14-9-15(2)24-21(10-14)25-20-12-17-11-19(4-3-16(17)13-23-20)26-18-5-7-22-8-6-18;/h3-4,9-13,18,22H,5-8H2,1-2H3,(H,23,24,25);1H. The van der Waals surface area contributed by atoms with Crippen molar-refractivity contribution in [1.82, 2.24) is 15.3 Å². The topological polar surface area (TPSA) is 59.1 Å². The molecule has 0 saturated carbocycles. The lowest BCUT2D eigenvalue weighted by atomic mass is 10.1. The van der Waals surface area contributed by atoms with Gasteiger partial charge in [0.15, 0.2) is 0 Å². The third-order valence-corrected chi connectivity index (χ3v) is 4.64. The zero-order valence-electron chi connectivity index (χ0n) is 15.7. The molecular weight excluding hydrogens is 360 g/mol. The van der Waals surface area contributed by atoms with Crippen molar-refractivity contribution in [3.63, 3.8) is 0 Å². The number of nitrogens with one attached hydrogen (secondary N) is 2. The Morgan fingerprint density at radius 3 is 2.59 bits per heavy atom. The predicted molar refractivity (Wildman–Crippen MR) is 113 cm³/mol. The van der Waals surface area contributed by atoms with E-state index in [0.29, 0.717) is 6.10 Å². The summed E-state index contributed by atoms with van der Waals surface area (Å²) in [5, 5.41) is 8.88. The van der Waals surface area contributed by atoms with Crippen LogP contribution >= 0.6 is 12.4 Å². The minimum Gasteiger partial charge on any atom is -0.490 e. The quantitative estimate of drug-likeness (QED) is 0.691. The SMILES string of the molecule is Cc1cc(C)nc(Nc2cc3cc(OC4CCNCC4)ccc3cn2)c1.Cl. The van der Waals surface area contributed by atoms with E-state index in [-0.39, 0.29) is 12.4 Å². The minimum absolute atomic E-state index is 0. The van der Waals surface area contributed by atoms with E-state index in [0.717, 1.165) is 59.8 Å². The smallest absolute Gasteiger partial charge is 0.132 e. The summed E-state index contributed by atoms with van der Waals surface area (Å²) in [6.07, 6.45) is 4.29. The highest BCUT2D eigenvalue weighted by Crippen LogP contribution is 2.25. The number of aryl methyl sites for hydroxylation is 2. The molecule has 6 heteroatoms. The fourth-order valence-electron chi connectivity index (χ4n) is 3.40. The molecule has 1 aromatic carbocycles. The summed E-state index contributed by atoms with van der Waals surface area (Å²) in [4.78, 5) is 9.03. The van der Waals surface area contributed by atoms with Crippen LogP contribution < -0.4 is 15.4 Å². The number of anilines is 2. The van der Waals surface area contributed by atoms with Gasteiger partial charge in [-0.3, -0.25) is 0 Å². The van der Waals surface area contributed by atoms with Crippen LogP contribution in [-0.2, 0) is 0 Å². The average Bonchev–Trinajstić information content (AvgIpc) is 2.61. The summed E-state index contributed by atoms with van der Waals surface area (Å²) in [5.74, 6) is 2.52. The second kappa shape index (κ2) is 8.55. The Balaban J connectivity index is 0.00000210. The molecule has 0 aliphatic carbocycles. The first kappa shape index (κ1) is 19.4. The van der Waals surface area contributed by atoms with Crippen LogP contribution in [0, 0.1) is 13.8 Å². The van der Waals surface area contributed by atoms with Gasteiger partial charge in [-0.05, 0) is 87.1 Å². The van der Waals surface area contributed by atoms with Gasteiger partial charge in [0.05, 0.1) is 0 Å². The van der Waals surface area contributed by atoms with E-state index in [1.807, 2.05) is 31.3 Å². The van der Waals surface area contributed by atoms with Crippen LogP contribution in [0.5, 0.6) is 5.75 Å². The summed E-state index contributed by atoms with van der Waals surface area (Å²) < 4.78 is 6.16. The van der Waals surface area contributed by atoms with Gasteiger partial charge >= 0.3 is 0 Å². The van der Waals surface area contributed by atoms with Crippen molar-refractivity contribution in [2.75, 3.05) is 18.4 Å². The molecule has 0 amide bonds. The Bertz CT molecular complexity index is 905. The first-order valence-corrected chi connectivity index (χ1v) is 9.15. The van der Waals surface area contributed by atoms with Crippen molar-refractivity contribution < 1.29 is 4.74 Å². The van der Waals surface area contributed by atoms with Crippen LogP contribution in [0.2, 0.25) is 0 Å². The lowest BCUT2D eigenvalue weighted by Gasteiger charge is -2.24. The number of nitrogens with zero attached hydrogens (tertiary/aromatic N) is 2. The fourth-order valence-corrected chi connectivity index (χ4v) is 3.40. The van der Waals surface area contributed by atoms with Gasteiger partial charge in [0.1, 0.15) is 23.5 Å². The molecule has 0 unspecified atom stereocenters. The van der Waals surface area contributed by atoms with E-state index in [1.165, 1.54) is 5.56 Å². The van der Waals surface area contributed by atoms with Crippen molar-refractivity contribution in [3.05, 3.63) is 53.9 Å². The van der Waals surface area contributed by atoms with Crippen LogP contribution in [-0.4, -0.2) is 29.2 Å². The fraction of sp³-hybridized carbons (Fsp3) is 0.333. The van der Waals surface area contributed by atoms with Crippen molar-refractivity contribution in [2.24, 2.45) is 0 Å². The molecular formula is C21H25ClN4O. The Hall–Kier alpha value is -2.37. The highest BCUT2D eigenvalue weighted by Gasteiger charge is 2.14. The number of rotatable bonds is 4. The molecule has 142 valence electrons. The zero-order chi connectivity index (χ0) is 17.9. The van der Waals surface area contributed by atoms with E-state index in [1.54, 1.807) is 0 Å². The molecule has 0 bridgehead atoms. The zero-order valence-corrected chi connectivity index (χ0v) is 16.5. The van der Waals surface area contributed by atoms with Crippen molar-refractivity contribution in [1.29, 1.82) is 0 Å². The molecule has 3 heterocycles. The van der Waals surface area contributed by atoms with Crippen molar-refractivity contribution >= 4 is 34.8 Å². The van der Waals surface area contributed by atoms with Crippen LogP contribution in [0.3, 0.4) is 0 Å². The molecule has 3 aromatic rings. The number of hydrogen-bond acceptors (Lipinski definition) is 5. The number of piperidine rings is 1. The number of hydrogen-bond donors (Lipinski definition) is 2. The van der Waals surface area contributed by atoms with Crippen LogP contribution in [0.15, 0.2) is 42.6 Å². The Kier molecular flexibility index (Phi) is 6.14. The summed E-state index contributed by atoms with van der Waals surface area (Å²) in [7, 11) is 0. The van der Waals surface area contributed by atoms with Gasteiger partial charge in [0.2, 0.25) is 0 Å². The summed E-state index contributed by atoms with van der Waals surface area (Å²) >= 11 is 0. The predicted octanol–water partition coefficient (Wildman–Crippen LogP) is 4.54. The lowest BCUT2D eigenvalue weighted by molar-refractivity contribution is 0.162. The monoisotopic (exact) mass is 384 g/mol. The van der Waals surface area contributed by atoms with E-state index >= 15 is 0 Å². The molecule has 1 aliphatic rings. The average molecular weight is 385 g/mol. The third-order valence-electron chi connectivity index (χ3n) is 4.64. The molecule has 1 fully saturated rings. The number of ether oxygens (including phenoxy) is 1. The van der Waals surface area contributed by atoms with E-state index in [9.17, 15) is 0 Å². The lowest BCUT2D eigenvalue weighted by Crippen LogP contribution is -2.34. The second-order valence-electron chi connectivity index (χ2n) is 6.94. The molecule has 0 radical (unpaired) electrons. The first-order valence-electron chi connectivity index (χ1n) is 9.15. The van der Waals surface area contributed by atoms with Gasteiger partial charge in [-0.2, -0.15) is 0 Å². The number of halogens is 1. The molecule has 1 saturated heterocycles. The van der Waals surface area contributed by atoms with Crippen molar-refractivity contribution in [2.45, 2.75) is 32.8 Å².